The molecule has 14 heavy (non-hydrogen) atoms. The Hall–Kier alpha value is -0.961. The molecule has 0 aromatic heterocycles. The second kappa shape index (κ2) is 40.2. The molecule has 0 aliphatic heterocycles. The van der Waals surface area contributed by atoms with E-state index in [1.54, 1.807) is 0 Å². The molecule has 0 amide bonds. The summed E-state index contributed by atoms with van der Waals surface area (Å²) in [6, 6.07) is 0. The monoisotopic (exact) mass is 230 g/mol. The molecule has 0 bridgehead atoms. The fourth-order valence-electron chi connectivity index (χ4n) is 0.321. The smallest absolute Gasteiger partial charge is 0.00506 e. The van der Waals surface area contributed by atoms with Crippen LogP contribution in [0.4, 0.5) is 0 Å². The van der Waals surface area contributed by atoms with Gasteiger partial charge in [-0.1, -0.05) is 24.3 Å². The van der Waals surface area contributed by atoms with Gasteiger partial charge in [-0.15, -0.1) is 11.8 Å². The van der Waals surface area contributed by atoms with Gasteiger partial charge in [0.25, 0.3) is 0 Å². The zero-order valence-corrected chi connectivity index (χ0v) is 9.26. The van der Waals surface area contributed by atoms with Crippen LogP contribution in [-0.2, 0) is 26.4 Å². The first-order valence-electron chi connectivity index (χ1n) is 3.32. The Morgan fingerprint density at radius 1 is 0.786 bits per heavy atom. The van der Waals surface area contributed by atoms with Gasteiger partial charge in [0.1, 0.15) is 0 Å². The summed E-state index contributed by atoms with van der Waals surface area (Å²) in [4.78, 5) is 0. The summed E-state index contributed by atoms with van der Waals surface area (Å²) in [5, 5.41) is 0. The van der Waals surface area contributed by atoms with Crippen molar-refractivity contribution in [3.63, 3.8) is 0 Å². The Kier molecular flexibility index (Phi) is 66.5. The number of hydrogen-bond acceptors (Lipinski definition) is 0. The molecule has 3 heteroatoms. The topological polar surface area (TPSA) is 39.8 Å². The number of rotatable bonds is 0. The van der Waals surface area contributed by atoms with E-state index in [0.29, 0.717) is 0 Å². The van der Waals surface area contributed by atoms with Crippen LogP contribution in [0, 0.1) is 31.6 Å². The summed E-state index contributed by atoms with van der Waals surface area (Å²) in [5.41, 5.74) is 0. The molecule has 74 valence electrons. The van der Waals surface area contributed by atoms with Crippen molar-refractivity contribution in [2.24, 2.45) is 0 Å². The third-order valence-corrected chi connectivity index (χ3v) is 0.806. The summed E-state index contributed by atoms with van der Waals surface area (Å²) in [6.45, 7) is 12.6. The Morgan fingerprint density at radius 2 is 1.07 bits per heavy atom. The molecule has 0 unspecified atom stereocenters. The van der Waals surface area contributed by atoms with Crippen LogP contribution in [0.1, 0.15) is 13.8 Å². The van der Waals surface area contributed by atoms with Crippen LogP contribution in [0.15, 0.2) is 24.3 Å². The van der Waals surface area contributed by atoms with Crippen LogP contribution < -0.4 is 0 Å². The minimum Gasteiger partial charge on any atom is -0.0767 e. The number of allylic oxidation sites excluding steroid dienone is 4. The molecule has 0 aromatic carbocycles. The molecule has 0 atom stereocenters. The summed E-state index contributed by atoms with van der Waals surface area (Å²) >= 11 is 0. The molecule has 1 aliphatic rings. The van der Waals surface area contributed by atoms with Crippen LogP contribution in [-0.4, -0.2) is 0 Å². The first-order valence-corrected chi connectivity index (χ1v) is 3.32. The maximum absolute atomic E-state index is 7.50. The second-order valence-electron chi connectivity index (χ2n) is 1.46. The van der Waals surface area contributed by atoms with E-state index in [1.165, 1.54) is 0 Å². The molecule has 0 fully saturated rings. The van der Waals surface area contributed by atoms with E-state index in [1.807, 2.05) is 44.6 Å². The van der Waals surface area contributed by atoms with Gasteiger partial charge < -0.3 is 0 Å². The van der Waals surface area contributed by atoms with Crippen molar-refractivity contribution in [2.75, 3.05) is 0 Å². The average Bonchev–Trinajstić information content (AvgIpc) is 2.82. The minimum absolute atomic E-state index is 0. The Morgan fingerprint density at radius 3 is 1.14 bits per heavy atom. The molecule has 0 saturated heterocycles. The average molecular weight is 230 g/mol. The van der Waals surface area contributed by atoms with Gasteiger partial charge in [-0.05, 0) is 13.8 Å². The SMILES string of the molecule is CC#CC.[C-]#[O+].[C-]#[O+].[CH]1C=CC=C1.[Mn]. The van der Waals surface area contributed by atoms with Gasteiger partial charge in [0, 0.05) is 23.5 Å². The van der Waals surface area contributed by atoms with Crippen LogP contribution in [0.25, 0.3) is 0 Å². The molecule has 2 nitrogen and oxygen atoms in total. The molecular formula is C11H11MnO2. The fraction of sp³-hybridized carbons (Fsp3) is 0.182. The molecule has 2 radical (unpaired) electrons. The number of hydrogen-bond donors (Lipinski definition) is 0. The maximum Gasteiger partial charge on any atom is 0.00506 e. The van der Waals surface area contributed by atoms with E-state index in [-0.39, 0.29) is 17.1 Å². The Bertz CT molecular complexity index is 204. The first kappa shape index (κ1) is 23.1. The summed E-state index contributed by atoms with van der Waals surface area (Å²) in [7, 11) is 0. The first-order chi connectivity index (χ1) is 6.41. The van der Waals surface area contributed by atoms with Crippen molar-refractivity contribution in [2.45, 2.75) is 13.8 Å². The molecule has 1 aliphatic carbocycles. The maximum atomic E-state index is 7.50. The van der Waals surface area contributed by atoms with Crippen molar-refractivity contribution in [1.29, 1.82) is 0 Å². The quantitative estimate of drug-likeness (QED) is 0.265. The predicted molar refractivity (Wildman–Crippen MR) is 49.6 cm³/mol. The van der Waals surface area contributed by atoms with E-state index in [0.717, 1.165) is 0 Å². The largest absolute Gasteiger partial charge is 0.0767 e. The Labute approximate surface area is 96.4 Å². The molecule has 1 rings (SSSR count). The van der Waals surface area contributed by atoms with Gasteiger partial charge in [-0.25, -0.2) is 0 Å². The minimum atomic E-state index is 0. The predicted octanol–water partition coefficient (Wildman–Crippen LogP) is 2.27. The molecule has 0 heterocycles. The van der Waals surface area contributed by atoms with E-state index in [9.17, 15) is 0 Å². The second-order valence-corrected chi connectivity index (χ2v) is 1.46. The summed E-state index contributed by atoms with van der Waals surface area (Å²) in [6.07, 6.45) is 10.0. The van der Waals surface area contributed by atoms with Gasteiger partial charge in [-0.2, -0.15) is 0 Å². The van der Waals surface area contributed by atoms with Crippen molar-refractivity contribution < 1.29 is 26.4 Å². The molecule has 0 N–H and O–H groups in total. The molecule has 0 spiro atoms. The van der Waals surface area contributed by atoms with Crippen molar-refractivity contribution in [1.82, 2.24) is 0 Å². The zero-order chi connectivity index (χ0) is 10.9. The third-order valence-electron chi connectivity index (χ3n) is 0.806. The van der Waals surface area contributed by atoms with Crippen LogP contribution in [0.3, 0.4) is 0 Å². The zero-order valence-electron chi connectivity index (χ0n) is 8.08. The van der Waals surface area contributed by atoms with Crippen molar-refractivity contribution in [3.05, 3.63) is 44.0 Å². The van der Waals surface area contributed by atoms with E-state index < -0.39 is 0 Å². The van der Waals surface area contributed by atoms with Crippen molar-refractivity contribution >= 4 is 0 Å². The van der Waals surface area contributed by atoms with E-state index in [4.69, 9.17) is 9.30 Å². The van der Waals surface area contributed by atoms with Crippen molar-refractivity contribution in [3.8, 4) is 11.8 Å². The summed E-state index contributed by atoms with van der Waals surface area (Å²) in [5.74, 6) is 5.36. The molecule has 0 saturated carbocycles. The van der Waals surface area contributed by atoms with Gasteiger partial charge >= 0.3 is 22.6 Å². The fourth-order valence-corrected chi connectivity index (χ4v) is 0.321. The summed E-state index contributed by atoms with van der Waals surface area (Å²) < 4.78 is 15.0. The Balaban J connectivity index is -0.0000000511. The van der Waals surface area contributed by atoms with Gasteiger partial charge in [-0.3, -0.25) is 0 Å². The van der Waals surface area contributed by atoms with Crippen LogP contribution in [0.2, 0.25) is 0 Å². The van der Waals surface area contributed by atoms with Crippen LogP contribution >= 0.6 is 0 Å². The normalized spacial score (nSPS) is 7.57. The molecule has 0 aromatic rings. The van der Waals surface area contributed by atoms with Gasteiger partial charge in [0.2, 0.25) is 0 Å². The third kappa shape index (κ3) is 43.8. The van der Waals surface area contributed by atoms with Gasteiger partial charge in [0.15, 0.2) is 0 Å². The standard InChI is InChI=1S/C5H5.C4H6.2CO.Mn/c1-2-4-5-3-1;1-3-4-2;2*1-2;/h1-5H;1-2H3;;;. The van der Waals surface area contributed by atoms with E-state index in [2.05, 4.69) is 25.1 Å². The van der Waals surface area contributed by atoms with Gasteiger partial charge in [0.05, 0.1) is 0 Å². The molecular weight excluding hydrogens is 219 g/mol. The van der Waals surface area contributed by atoms with Crippen LogP contribution in [0.5, 0.6) is 0 Å². The van der Waals surface area contributed by atoms with E-state index >= 15 is 0 Å².